The predicted octanol–water partition coefficient (Wildman–Crippen LogP) is 2.92. The summed E-state index contributed by atoms with van der Waals surface area (Å²) in [5.41, 5.74) is 1.45. The standard InChI is InChI=1S/C16H18N2O2S/c1-20-11-14(13-8-5-6-10-17-13)18-16(19)12-7-3-4-9-15(12)21-2/h3-10,14H,11H2,1-2H3,(H,18,19)/t14-/m0/s1. The van der Waals surface area contributed by atoms with E-state index in [4.69, 9.17) is 4.74 Å². The highest BCUT2D eigenvalue weighted by Gasteiger charge is 2.18. The number of carbonyl (C=O) groups excluding carboxylic acids is 1. The maximum atomic E-state index is 12.5. The summed E-state index contributed by atoms with van der Waals surface area (Å²) < 4.78 is 5.19. The minimum absolute atomic E-state index is 0.118. The molecule has 0 bridgehead atoms. The number of hydrogen-bond donors (Lipinski definition) is 1. The molecular formula is C16H18N2O2S. The molecule has 1 amide bonds. The number of benzene rings is 1. The van der Waals surface area contributed by atoms with Crippen molar-refractivity contribution in [1.29, 1.82) is 0 Å². The molecule has 1 N–H and O–H groups in total. The lowest BCUT2D eigenvalue weighted by Gasteiger charge is -2.18. The molecule has 1 aromatic carbocycles. The number of methoxy groups -OCH3 is 1. The molecular weight excluding hydrogens is 284 g/mol. The zero-order valence-corrected chi connectivity index (χ0v) is 12.9. The number of nitrogens with one attached hydrogen (secondary N) is 1. The number of nitrogens with zero attached hydrogens (tertiary/aromatic N) is 1. The third-order valence-corrected chi connectivity index (χ3v) is 3.83. The fourth-order valence-electron chi connectivity index (χ4n) is 2.02. The molecule has 0 unspecified atom stereocenters. The van der Waals surface area contributed by atoms with Gasteiger partial charge in [0.25, 0.3) is 5.91 Å². The van der Waals surface area contributed by atoms with Gasteiger partial charge >= 0.3 is 0 Å². The van der Waals surface area contributed by atoms with Crippen LogP contribution in [0.4, 0.5) is 0 Å². The van der Waals surface area contributed by atoms with Crippen molar-refractivity contribution in [3.05, 3.63) is 59.9 Å². The van der Waals surface area contributed by atoms with E-state index in [-0.39, 0.29) is 11.9 Å². The minimum atomic E-state index is -0.265. The maximum absolute atomic E-state index is 12.5. The van der Waals surface area contributed by atoms with Gasteiger partial charge in [0.1, 0.15) is 0 Å². The van der Waals surface area contributed by atoms with Crippen LogP contribution in [-0.2, 0) is 4.74 Å². The van der Waals surface area contributed by atoms with Gasteiger partial charge < -0.3 is 10.1 Å². The average Bonchev–Trinajstić information content (AvgIpc) is 2.55. The second kappa shape index (κ2) is 7.81. The number of aromatic nitrogens is 1. The number of thioether (sulfide) groups is 1. The Kier molecular flexibility index (Phi) is 5.78. The number of ether oxygens (including phenoxy) is 1. The van der Waals surface area contributed by atoms with E-state index < -0.39 is 0 Å². The van der Waals surface area contributed by atoms with Gasteiger partial charge in [-0.3, -0.25) is 9.78 Å². The van der Waals surface area contributed by atoms with E-state index >= 15 is 0 Å². The molecule has 0 spiro atoms. The van der Waals surface area contributed by atoms with Gasteiger partial charge in [0, 0.05) is 18.2 Å². The van der Waals surface area contributed by atoms with Crippen molar-refractivity contribution < 1.29 is 9.53 Å². The lowest BCUT2D eigenvalue weighted by Crippen LogP contribution is -2.32. The van der Waals surface area contributed by atoms with E-state index in [1.54, 1.807) is 25.1 Å². The Balaban J connectivity index is 2.19. The van der Waals surface area contributed by atoms with Crippen LogP contribution in [0.5, 0.6) is 0 Å². The number of rotatable bonds is 6. The molecule has 0 radical (unpaired) electrons. The number of hydrogen-bond acceptors (Lipinski definition) is 4. The minimum Gasteiger partial charge on any atom is -0.382 e. The lowest BCUT2D eigenvalue weighted by molar-refractivity contribution is 0.0891. The number of amides is 1. The molecule has 0 saturated heterocycles. The largest absolute Gasteiger partial charge is 0.382 e. The topological polar surface area (TPSA) is 51.2 Å². The summed E-state index contributed by atoms with van der Waals surface area (Å²) in [6.45, 7) is 0.379. The average molecular weight is 302 g/mol. The molecule has 0 aliphatic rings. The van der Waals surface area contributed by atoms with Gasteiger partial charge in [0.15, 0.2) is 0 Å². The molecule has 21 heavy (non-hydrogen) atoms. The maximum Gasteiger partial charge on any atom is 0.253 e. The van der Waals surface area contributed by atoms with Gasteiger partial charge in [-0.15, -0.1) is 11.8 Å². The number of carbonyl (C=O) groups is 1. The van der Waals surface area contributed by atoms with Crippen LogP contribution in [-0.4, -0.2) is 30.9 Å². The van der Waals surface area contributed by atoms with Crippen LogP contribution in [0.2, 0.25) is 0 Å². The van der Waals surface area contributed by atoms with E-state index in [0.29, 0.717) is 12.2 Å². The Hall–Kier alpha value is -1.85. The third-order valence-electron chi connectivity index (χ3n) is 3.04. The van der Waals surface area contributed by atoms with Gasteiger partial charge in [-0.2, -0.15) is 0 Å². The van der Waals surface area contributed by atoms with Gasteiger partial charge in [0.2, 0.25) is 0 Å². The summed E-state index contributed by atoms with van der Waals surface area (Å²) in [5, 5.41) is 2.99. The van der Waals surface area contributed by atoms with Crippen molar-refractivity contribution in [1.82, 2.24) is 10.3 Å². The summed E-state index contributed by atoms with van der Waals surface area (Å²) in [6, 6.07) is 12.9. The molecule has 5 heteroatoms. The summed E-state index contributed by atoms with van der Waals surface area (Å²) in [6.07, 6.45) is 3.66. The normalized spacial score (nSPS) is 11.9. The highest BCUT2D eigenvalue weighted by Crippen LogP contribution is 2.21. The van der Waals surface area contributed by atoms with Crippen molar-refractivity contribution in [3.63, 3.8) is 0 Å². The molecule has 0 fully saturated rings. The van der Waals surface area contributed by atoms with Crippen molar-refractivity contribution in [2.45, 2.75) is 10.9 Å². The first kappa shape index (κ1) is 15.5. The van der Waals surface area contributed by atoms with E-state index in [2.05, 4.69) is 10.3 Å². The quantitative estimate of drug-likeness (QED) is 0.834. The van der Waals surface area contributed by atoms with E-state index in [1.165, 1.54) is 0 Å². The first-order chi connectivity index (χ1) is 10.3. The van der Waals surface area contributed by atoms with Crippen LogP contribution in [0.15, 0.2) is 53.6 Å². The molecule has 1 atom stereocenters. The Bertz CT molecular complexity index is 590. The van der Waals surface area contributed by atoms with Crippen LogP contribution in [0.25, 0.3) is 0 Å². The molecule has 1 aromatic heterocycles. The van der Waals surface area contributed by atoms with Crippen molar-refractivity contribution in [2.75, 3.05) is 20.0 Å². The van der Waals surface area contributed by atoms with Gasteiger partial charge in [-0.1, -0.05) is 18.2 Å². The Morgan fingerprint density at radius 3 is 2.71 bits per heavy atom. The summed E-state index contributed by atoms with van der Waals surface area (Å²) in [5.74, 6) is -0.118. The van der Waals surface area contributed by atoms with Crippen LogP contribution >= 0.6 is 11.8 Å². The van der Waals surface area contributed by atoms with Crippen LogP contribution in [0.3, 0.4) is 0 Å². The zero-order chi connectivity index (χ0) is 15.1. The highest BCUT2D eigenvalue weighted by molar-refractivity contribution is 7.98. The predicted molar refractivity (Wildman–Crippen MR) is 84.5 cm³/mol. The first-order valence-electron chi connectivity index (χ1n) is 6.60. The van der Waals surface area contributed by atoms with Gasteiger partial charge in [-0.05, 0) is 30.5 Å². The van der Waals surface area contributed by atoms with Crippen LogP contribution in [0.1, 0.15) is 22.1 Å². The van der Waals surface area contributed by atoms with E-state index in [9.17, 15) is 4.79 Å². The molecule has 0 aliphatic heterocycles. The lowest BCUT2D eigenvalue weighted by atomic mass is 10.1. The summed E-state index contributed by atoms with van der Waals surface area (Å²) in [4.78, 5) is 17.7. The fourth-order valence-corrected chi connectivity index (χ4v) is 2.61. The molecule has 110 valence electrons. The zero-order valence-electron chi connectivity index (χ0n) is 12.1. The van der Waals surface area contributed by atoms with Gasteiger partial charge in [-0.25, -0.2) is 0 Å². The van der Waals surface area contributed by atoms with Gasteiger partial charge in [0.05, 0.1) is 23.9 Å². The molecule has 1 heterocycles. The van der Waals surface area contributed by atoms with E-state index in [0.717, 1.165) is 10.6 Å². The second-order valence-corrected chi connectivity index (χ2v) is 5.28. The first-order valence-corrected chi connectivity index (χ1v) is 7.82. The second-order valence-electron chi connectivity index (χ2n) is 4.44. The van der Waals surface area contributed by atoms with E-state index in [1.807, 2.05) is 48.7 Å². The fraction of sp³-hybridized carbons (Fsp3) is 0.250. The summed E-state index contributed by atoms with van der Waals surface area (Å²) in [7, 11) is 1.61. The van der Waals surface area contributed by atoms with Crippen LogP contribution in [0, 0.1) is 0 Å². The molecule has 0 saturated carbocycles. The molecule has 2 aromatic rings. The van der Waals surface area contributed by atoms with Crippen molar-refractivity contribution in [3.8, 4) is 0 Å². The molecule has 2 rings (SSSR count). The monoisotopic (exact) mass is 302 g/mol. The smallest absolute Gasteiger partial charge is 0.253 e. The highest BCUT2D eigenvalue weighted by atomic mass is 32.2. The molecule has 0 aliphatic carbocycles. The van der Waals surface area contributed by atoms with Crippen molar-refractivity contribution >= 4 is 17.7 Å². The SMILES string of the molecule is COC[C@H](NC(=O)c1ccccc1SC)c1ccccn1. The summed E-state index contributed by atoms with van der Waals surface area (Å²) >= 11 is 1.55. The molecule has 4 nitrogen and oxygen atoms in total. The van der Waals surface area contributed by atoms with Crippen molar-refractivity contribution in [2.24, 2.45) is 0 Å². The number of pyridine rings is 1. The van der Waals surface area contributed by atoms with Crippen LogP contribution < -0.4 is 5.32 Å². The Labute approximate surface area is 128 Å². The Morgan fingerprint density at radius 1 is 1.29 bits per heavy atom. The third kappa shape index (κ3) is 4.06. The Morgan fingerprint density at radius 2 is 2.05 bits per heavy atom.